The molecule has 1 aliphatic carbocycles. The number of fused-ring (bicyclic) bond motifs is 1. The molecule has 20 heavy (non-hydrogen) atoms. The highest BCUT2D eigenvalue weighted by molar-refractivity contribution is 7.80. The second-order valence-electron chi connectivity index (χ2n) is 5.27. The largest absolute Gasteiger partial charge is 0.359 e. The molecule has 4 nitrogen and oxygen atoms in total. The first kappa shape index (κ1) is 13.4. The summed E-state index contributed by atoms with van der Waals surface area (Å²) in [7, 11) is 0. The molecule has 6 heteroatoms. The van der Waals surface area contributed by atoms with Crippen molar-refractivity contribution in [1.29, 1.82) is 0 Å². The molecule has 3 rings (SSSR count). The van der Waals surface area contributed by atoms with Crippen molar-refractivity contribution in [2.45, 2.75) is 38.0 Å². The molecule has 1 saturated carbocycles. The Hall–Kier alpha value is -1.56. The quantitative estimate of drug-likeness (QED) is 0.845. The van der Waals surface area contributed by atoms with Crippen LogP contribution < -0.4 is 5.32 Å². The molecule has 1 aromatic rings. The third-order valence-corrected chi connectivity index (χ3v) is 4.31. The zero-order valence-corrected chi connectivity index (χ0v) is 11.8. The molecular weight excluding hydrogens is 277 g/mol. The van der Waals surface area contributed by atoms with Gasteiger partial charge in [0.15, 0.2) is 5.11 Å². The number of thiocarbonyl (C=S) groups is 1. The van der Waals surface area contributed by atoms with E-state index in [9.17, 15) is 9.18 Å². The zero-order chi connectivity index (χ0) is 14.1. The number of halogens is 1. The second kappa shape index (κ2) is 5.44. The molecule has 2 fully saturated rings. The number of hydrogen-bond donors (Lipinski definition) is 1. The van der Waals surface area contributed by atoms with Gasteiger partial charge in [-0.15, -0.1) is 0 Å². The maximum absolute atomic E-state index is 14.1. The van der Waals surface area contributed by atoms with Gasteiger partial charge in [-0.1, -0.05) is 6.07 Å². The van der Waals surface area contributed by atoms with Crippen LogP contribution in [-0.2, 0) is 11.3 Å². The van der Waals surface area contributed by atoms with Crippen molar-refractivity contribution in [3.05, 3.63) is 30.1 Å². The second-order valence-corrected chi connectivity index (χ2v) is 5.66. The minimum Gasteiger partial charge on any atom is -0.359 e. The number of nitrogens with one attached hydrogen (secondary N) is 1. The molecule has 1 amide bonds. The van der Waals surface area contributed by atoms with Gasteiger partial charge in [0.05, 0.1) is 18.2 Å². The Morgan fingerprint density at radius 2 is 2.30 bits per heavy atom. The molecule has 1 aliphatic heterocycles. The molecule has 3 atom stereocenters. The predicted molar refractivity (Wildman–Crippen MR) is 76.5 cm³/mol. The molecular formula is C14H16FN3OS. The first-order chi connectivity index (χ1) is 9.66. The van der Waals surface area contributed by atoms with Crippen LogP contribution in [0.1, 0.15) is 25.0 Å². The Balaban J connectivity index is 1.81. The Morgan fingerprint density at radius 3 is 3.05 bits per heavy atom. The third-order valence-electron chi connectivity index (χ3n) is 3.97. The van der Waals surface area contributed by atoms with Gasteiger partial charge in [0.1, 0.15) is 6.17 Å². The van der Waals surface area contributed by atoms with Gasteiger partial charge in [0, 0.05) is 12.2 Å². The van der Waals surface area contributed by atoms with E-state index in [1.165, 1.54) is 4.90 Å². The summed E-state index contributed by atoms with van der Waals surface area (Å²) >= 11 is 5.25. The Morgan fingerprint density at radius 1 is 1.45 bits per heavy atom. The van der Waals surface area contributed by atoms with E-state index in [4.69, 9.17) is 12.2 Å². The lowest BCUT2D eigenvalue weighted by Crippen LogP contribution is -2.62. The van der Waals surface area contributed by atoms with E-state index >= 15 is 0 Å². The van der Waals surface area contributed by atoms with Crippen LogP contribution in [0.4, 0.5) is 4.39 Å². The van der Waals surface area contributed by atoms with E-state index in [1.54, 1.807) is 6.20 Å². The van der Waals surface area contributed by atoms with Gasteiger partial charge in [-0.2, -0.15) is 0 Å². The number of rotatable bonds is 2. The molecule has 2 aliphatic rings. The average molecular weight is 293 g/mol. The van der Waals surface area contributed by atoms with Gasteiger partial charge >= 0.3 is 0 Å². The van der Waals surface area contributed by atoms with E-state index < -0.39 is 12.1 Å². The van der Waals surface area contributed by atoms with E-state index in [2.05, 4.69) is 10.3 Å². The Kier molecular flexibility index (Phi) is 3.65. The van der Waals surface area contributed by atoms with Gasteiger partial charge in [-0.25, -0.2) is 4.39 Å². The van der Waals surface area contributed by atoms with Crippen molar-refractivity contribution < 1.29 is 9.18 Å². The fourth-order valence-electron chi connectivity index (χ4n) is 2.95. The smallest absolute Gasteiger partial charge is 0.237 e. The highest BCUT2D eigenvalue weighted by atomic mass is 32.1. The number of carbonyl (C=O) groups is 1. The maximum atomic E-state index is 14.1. The van der Waals surface area contributed by atoms with Crippen molar-refractivity contribution in [2.75, 3.05) is 0 Å². The molecule has 0 radical (unpaired) electrons. The number of amides is 1. The highest BCUT2D eigenvalue weighted by Gasteiger charge is 2.45. The first-order valence-corrected chi connectivity index (χ1v) is 7.23. The third kappa shape index (κ3) is 2.40. The topological polar surface area (TPSA) is 45.2 Å². The number of carbonyl (C=O) groups excluding carboxylic acids is 1. The molecule has 106 valence electrons. The van der Waals surface area contributed by atoms with Crippen molar-refractivity contribution in [2.24, 2.45) is 5.92 Å². The lowest BCUT2D eigenvalue weighted by Gasteiger charge is -2.42. The van der Waals surface area contributed by atoms with E-state index in [1.807, 2.05) is 18.2 Å². The summed E-state index contributed by atoms with van der Waals surface area (Å²) in [6.07, 6.45) is 2.64. The van der Waals surface area contributed by atoms with Crippen LogP contribution >= 0.6 is 12.2 Å². The van der Waals surface area contributed by atoms with Crippen LogP contribution in [0.25, 0.3) is 0 Å². The monoisotopic (exact) mass is 293 g/mol. The van der Waals surface area contributed by atoms with Crippen molar-refractivity contribution in [1.82, 2.24) is 15.2 Å². The first-order valence-electron chi connectivity index (χ1n) is 6.82. The van der Waals surface area contributed by atoms with Crippen LogP contribution in [0, 0.1) is 5.92 Å². The molecule has 1 N–H and O–H groups in total. The number of aromatic nitrogens is 1. The molecule has 1 aromatic heterocycles. The van der Waals surface area contributed by atoms with Gasteiger partial charge in [-0.05, 0) is 43.6 Å². The number of alkyl halides is 1. The lowest BCUT2D eigenvalue weighted by atomic mass is 9.81. The normalized spacial score (nSPS) is 29.9. The summed E-state index contributed by atoms with van der Waals surface area (Å²) in [5.41, 5.74) is 0.745. The molecule has 2 heterocycles. The molecule has 1 saturated heterocycles. The summed E-state index contributed by atoms with van der Waals surface area (Å²) in [6, 6.07) is 5.34. The minimum absolute atomic E-state index is 0.154. The fourth-order valence-corrected chi connectivity index (χ4v) is 3.26. The standard InChI is InChI=1S/C14H16FN3OS/c15-10-5-3-6-11-12(10)13(19)18(14(20)17-11)8-9-4-1-2-7-16-9/h1-2,4,7,10-12H,3,5-6,8H2,(H,17,20). The highest BCUT2D eigenvalue weighted by Crippen LogP contribution is 2.32. The summed E-state index contributed by atoms with van der Waals surface area (Å²) in [6.45, 7) is 0.293. The van der Waals surface area contributed by atoms with E-state index in [0.29, 0.717) is 18.1 Å². The van der Waals surface area contributed by atoms with Crippen molar-refractivity contribution in [3.8, 4) is 0 Å². The van der Waals surface area contributed by atoms with Gasteiger partial charge < -0.3 is 5.32 Å². The van der Waals surface area contributed by atoms with Crippen molar-refractivity contribution >= 4 is 23.2 Å². The Labute approximate surface area is 122 Å². The molecule has 3 unspecified atom stereocenters. The average Bonchev–Trinajstić information content (AvgIpc) is 2.44. The van der Waals surface area contributed by atoms with Crippen LogP contribution in [-0.4, -0.2) is 33.1 Å². The summed E-state index contributed by atoms with van der Waals surface area (Å²) in [5.74, 6) is -0.823. The minimum atomic E-state index is -1.08. The van der Waals surface area contributed by atoms with Crippen LogP contribution in [0.3, 0.4) is 0 Å². The lowest BCUT2D eigenvalue weighted by molar-refractivity contribution is -0.138. The number of hydrogen-bond acceptors (Lipinski definition) is 3. The van der Waals surface area contributed by atoms with Crippen LogP contribution in [0.2, 0.25) is 0 Å². The molecule has 0 aromatic carbocycles. The summed E-state index contributed by atoms with van der Waals surface area (Å²) < 4.78 is 14.1. The maximum Gasteiger partial charge on any atom is 0.237 e. The van der Waals surface area contributed by atoms with Gasteiger partial charge in [0.25, 0.3) is 0 Å². The van der Waals surface area contributed by atoms with Gasteiger partial charge in [0.2, 0.25) is 5.91 Å². The summed E-state index contributed by atoms with van der Waals surface area (Å²) in [5, 5.41) is 3.50. The van der Waals surface area contributed by atoms with E-state index in [0.717, 1.165) is 18.5 Å². The van der Waals surface area contributed by atoms with Crippen molar-refractivity contribution in [3.63, 3.8) is 0 Å². The zero-order valence-electron chi connectivity index (χ0n) is 11.0. The molecule has 0 spiro atoms. The van der Waals surface area contributed by atoms with E-state index in [-0.39, 0.29) is 11.9 Å². The van der Waals surface area contributed by atoms with Crippen LogP contribution in [0.5, 0.6) is 0 Å². The SMILES string of the molecule is O=C1C2C(F)CCCC2NC(=S)N1Cc1ccccn1. The molecule has 0 bridgehead atoms. The Bertz CT molecular complexity index is 524. The van der Waals surface area contributed by atoms with Gasteiger partial charge in [-0.3, -0.25) is 14.7 Å². The fraction of sp³-hybridized carbons (Fsp3) is 0.500. The predicted octanol–water partition coefficient (Wildman–Crippen LogP) is 1.81. The number of pyridine rings is 1. The number of nitrogens with zero attached hydrogens (tertiary/aromatic N) is 2. The summed E-state index contributed by atoms with van der Waals surface area (Å²) in [4.78, 5) is 18.1. The van der Waals surface area contributed by atoms with Crippen LogP contribution in [0.15, 0.2) is 24.4 Å².